The van der Waals surface area contributed by atoms with Crippen LogP contribution < -0.4 is 5.32 Å². The van der Waals surface area contributed by atoms with Crippen molar-refractivity contribution < 1.29 is 8.42 Å². The number of fused-ring (bicyclic) bond motifs is 1. The molecule has 1 unspecified atom stereocenters. The minimum atomic E-state index is -3.47. The lowest BCUT2D eigenvalue weighted by atomic mass is 10.1. The molecule has 21 heavy (non-hydrogen) atoms. The van der Waals surface area contributed by atoms with Crippen LogP contribution in [0.4, 0.5) is 0 Å². The number of nitrogens with one attached hydrogen (secondary N) is 1. The minimum absolute atomic E-state index is 0.311. The zero-order valence-corrected chi connectivity index (χ0v) is 12.8. The lowest BCUT2D eigenvalue weighted by molar-refractivity contribution is 0.451. The zero-order valence-electron chi connectivity index (χ0n) is 12.0. The van der Waals surface area contributed by atoms with E-state index in [9.17, 15) is 8.42 Å². The molecule has 112 valence electrons. The van der Waals surface area contributed by atoms with Crippen molar-refractivity contribution in [2.45, 2.75) is 11.3 Å². The summed E-state index contributed by atoms with van der Waals surface area (Å²) >= 11 is 0. The van der Waals surface area contributed by atoms with Crippen molar-refractivity contribution in [1.82, 2.24) is 14.6 Å². The Kier molecular flexibility index (Phi) is 3.93. The maximum Gasteiger partial charge on any atom is 0.245 e. The molecule has 2 heterocycles. The van der Waals surface area contributed by atoms with Crippen LogP contribution in [0, 0.1) is 5.92 Å². The molecular weight excluding hydrogens is 286 g/mol. The van der Waals surface area contributed by atoms with Crippen molar-refractivity contribution in [2.24, 2.45) is 5.92 Å². The smallest absolute Gasteiger partial charge is 0.245 e. The van der Waals surface area contributed by atoms with Gasteiger partial charge in [0.2, 0.25) is 10.0 Å². The highest BCUT2D eigenvalue weighted by Crippen LogP contribution is 2.28. The molecule has 1 fully saturated rings. The average Bonchev–Trinajstić information content (AvgIpc) is 2.96. The Labute approximate surface area is 125 Å². The summed E-state index contributed by atoms with van der Waals surface area (Å²) < 4.78 is 27.3. The van der Waals surface area contributed by atoms with Crippen LogP contribution in [0.25, 0.3) is 10.9 Å². The van der Waals surface area contributed by atoms with Crippen LogP contribution in [0.2, 0.25) is 0 Å². The van der Waals surface area contributed by atoms with E-state index in [4.69, 9.17) is 0 Å². The first-order valence-electron chi connectivity index (χ1n) is 7.11. The fraction of sp³-hybridized carbons (Fsp3) is 0.400. The number of rotatable bonds is 4. The fourth-order valence-electron chi connectivity index (χ4n) is 2.89. The van der Waals surface area contributed by atoms with E-state index >= 15 is 0 Å². The van der Waals surface area contributed by atoms with E-state index < -0.39 is 10.0 Å². The molecule has 0 radical (unpaired) electrons. The van der Waals surface area contributed by atoms with E-state index in [1.165, 1.54) is 0 Å². The van der Waals surface area contributed by atoms with Crippen LogP contribution in [-0.2, 0) is 10.0 Å². The molecule has 1 saturated heterocycles. The van der Waals surface area contributed by atoms with Gasteiger partial charge in [-0.2, -0.15) is 4.31 Å². The van der Waals surface area contributed by atoms with Gasteiger partial charge in [-0.05, 0) is 38.1 Å². The van der Waals surface area contributed by atoms with E-state index in [0.717, 1.165) is 18.4 Å². The van der Waals surface area contributed by atoms with E-state index in [0.29, 0.717) is 29.4 Å². The minimum Gasteiger partial charge on any atom is -0.319 e. The highest BCUT2D eigenvalue weighted by atomic mass is 32.2. The van der Waals surface area contributed by atoms with Gasteiger partial charge in [0.25, 0.3) is 0 Å². The summed E-state index contributed by atoms with van der Waals surface area (Å²) in [5.41, 5.74) is 0.553. The Bertz CT molecular complexity index is 740. The summed E-state index contributed by atoms with van der Waals surface area (Å²) in [6.45, 7) is 2.00. The Hall–Kier alpha value is -1.50. The zero-order chi connectivity index (χ0) is 14.9. The highest BCUT2D eigenvalue weighted by molar-refractivity contribution is 7.89. The Morgan fingerprint density at radius 2 is 2.14 bits per heavy atom. The first-order chi connectivity index (χ1) is 10.1. The molecule has 1 aliphatic heterocycles. The van der Waals surface area contributed by atoms with Crippen LogP contribution in [0.1, 0.15) is 6.42 Å². The standard InChI is InChI=1S/C15H19N3O2S/c1-16-10-12-7-9-18(11-12)21(19,20)14-6-2-4-13-5-3-8-17-15(13)14/h2-6,8,12,16H,7,9-11H2,1H3. The lowest BCUT2D eigenvalue weighted by Gasteiger charge is -2.17. The van der Waals surface area contributed by atoms with Gasteiger partial charge < -0.3 is 5.32 Å². The number of para-hydroxylation sites is 1. The van der Waals surface area contributed by atoms with Crippen LogP contribution in [0.3, 0.4) is 0 Å². The third-order valence-corrected chi connectivity index (χ3v) is 5.85. The maximum absolute atomic E-state index is 12.9. The number of sulfonamides is 1. The van der Waals surface area contributed by atoms with Gasteiger partial charge in [0.05, 0.1) is 5.52 Å². The second-order valence-electron chi connectivity index (χ2n) is 5.41. The van der Waals surface area contributed by atoms with Gasteiger partial charge in [-0.15, -0.1) is 0 Å². The van der Waals surface area contributed by atoms with Gasteiger partial charge in [0.15, 0.2) is 0 Å². The molecule has 0 aliphatic carbocycles. The molecule has 1 N–H and O–H groups in total. The first kappa shape index (κ1) is 14.4. The van der Waals surface area contributed by atoms with Gasteiger partial charge in [0, 0.05) is 24.7 Å². The van der Waals surface area contributed by atoms with Gasteiger partial charge in [0.1, 0.15) is 4.90 Å². The normalized spacial score (nSPS) is 20.1. The quantitative estimate of drug-likeness (QED) is 0.929. The second-order valence-corrected chi connectivity index (χ2v) is 7.31. The van der Waals surface area contributed by atoms with Crippen molar-refractivity contribution in [1.29, 1.82) is 0 Å². The summed E-state index contributed by atoms with van der Waals surface area (Å²) in [6, 6.07) is 9.01. The van der Waals surface area contributed by atoms with Crippen molar-refractivity contribution >= 4 is 20.9 Å². The van der Waals surface area contributed by atoms with Crippen LogP contribution >= 0.6 is 0 Å². The molecule has 0 spiro atoms. The van der Waals surface area contributed by atoms with Crippen molar-refractivity contribution in [2.75, 3.05) is 26.7 Å². The van der Waals surface area contributed by atoms with E-state index in [1.807, 2.05) is 25.2 Å². The monoisotopic (exact) mass is 305 g/mol. The van der Waals surface area contributed by atoms with Crippen molar-refractivity contribution in [3.05, 3.63) is 36.5 Å². The Morgan fingerprint density at radius 1 is 1.33 bits per heavy atom. The number of benzene rings is 1. The molecule has 1 aromatic carbocycles. The summed E-state index contributed by atoms with van der Waals surface area (Å²) in [6.07, 6.45) is 2.54. The van der Waals surface area contributed by atoms with Crippen LogP contribution in [0.5, 0.6) is 0 Å². The number of nitrogens with zero attached hydrogens (tertiary/aromatic N) is 2. The van der Waals surface area contributed by atoms with Crippen molar-refractivity contribution in [3.63, 3.8) is 0 Å². The second kappa shape index (κ2) is 5.71. The fourth-order valence-corrected chi connectivity index (χ4v) is 4.59. The molecule has 0 bridgehead atoms. The Morgan fingerprint density at radius 3 is 2.95 bits per heavy atom. The van der Waals surface area contributed by atoms with Gasteiger partial charge in [-0.25, -0.2) is 8.42 Å². The third-order valence-electron chi connectivity index (χ3n) is 3.95. The SMILES string of the molecule is CNCC1CCN(S(=O)(=O)c2cccc3cccnc23)C1. The molecule has 0 saturated carbocycles. The molecular formula is C15H19N3O2S. The topological polar surface area (TPSA) is 62.3 Å². The van der Waals surface area contributed by atoms with Crippen LogP contribution in [0.15, 0.2) is 41.4 Å². The molecule has 1 aliphatic rings. The van der Waals surface area contributed by atoms with Gasteiger partial charge >= 0.3 is 0 Å². The number of aromatic nitrogens is 1. The summed E-state index contributed by atoms with van der Waals surface area (Å²) in [5.74, 6) is 0.382. The Balaban J connectivity index is 1.98. The highest BCUT2D eigenvalue weighted by Gasteiger charge is 2.33. The molecule has 3 rings (SSSR count). The number of pyridine rings is 1. The predicted octanol–water partition coefficient (Wildman–Crippen LogP) is 1.46. The average molecular weight is 305 g/mol. The molecule has 2 aromatic rings. The molecule has 6 heteroatoms. The van der Waals surface area contributed by atoms with Gasteiger partial charge in [-0.3, -0.25) is 4.98 Å². The largest absolute Gasteiger partial charge is 0.319 e. The first-order valence-corrected chi connectivity index (χ1v) is 8.55. The van der Waals surface area contributed by atoms with Crippen LogP contribution in [-0.4, -0.2) is 44.4 Å². The molecule has 1 aromatic heterocycles. The molecule has 1 atom stereocenters. The van der Waals surface area contributed by atoms with Gasteiger partial charge in [-0.1, -0.05) is 18.2 Å². The number of hydrogen-bond acceptors (Lipinski definition) is 4. The van der Waals surface area contributed by atoms with Crippen molar-refractivity contribution in [3.8, 4) is 0 Å². The number of hydrogen-bond donors (Lipinski definition) is 1. The maximum atomic E-state index is 12.9. The summed E-state index contributed by atoms with van der Waals surface area (Å²) in [4.78, 5) is 4.57. The summed E-state index contributed by atoms with van der Waals surface area (Å²) in [7, 11) is -1.58. The predicted molar refractivity (Wildman–Crippen MR) is 82.5 cm³/mol. The van der Waals surface area contributed by atoms with E-state index in [-0.39, 0.29) is 0 Å². The third kappa shape index (κ3) is 2.66. The molecule has 0 amide bonds. The lowest BCUT2D eigenvalue weighted by Crippen LogP contribution is -2.30. The molecule has 5 nitrogen and oxygen atoms in total. The summed E-state index contributed by atoms with van der Waals surface area (Å²) in [5, 5.41) is 3.97. The van der Waals surface area contributed by atoms with E-state index in [2.05, 4.69) is 10.3 Å². The van der Waals surface area contributed by atoms with E-state index in [1.54, 1.807) is 22.6 Å².